The topological polar surface area (TPSA) is 86.9 Å². The van der Waals surface area contributed by atoms with E-state index in [0.29, 0.717) is 13.0 Å². The lowest BCUT2D eigenvalue weighted by molar-refractivity contribution is -0.141. The summed E-state index contributed by atoms with van der Waals surface area (Å²) in [7, 11) is 0. The third-order valence-corrected chi connectivity index (χ3v) is 5.78. The van der Waals surface area contributed by atoms with Crippen LogP contribution in [0, 0.1) is 0 Å². The Morgan fingerprint density at radius 1 is 1.25 bits per heavy atom. The second-order valence-corrected chi connectivity index (χ2v) is 7.57. The average Bonchev–Trinajstić information content (AvgIpc) is 3.05. The number of urea groups is 1. The molecule has 0 aromatic heterocycles. The van der Waals surface area contributed by atoms with Crippen LogP contribution in [0.3, 0.4) is 0 Å². The molecule has 1 aliphatic heterocycles. The predicted molar refractivity (Wildman–Crippen MR) is 88.8 cm³/mol. The van der Waals surface area contributed by atoms with Crippen LogP contribution in [0.15, 0.2) is 23.3 Å². The number of amides is 3. The van der Waals surface area contributed by atoms with Gasteiger partial charge in [0, 0.05) is 12.6 Å². The van der Waals surface area contributed by atoms with Crippen molar-refractivity contribution in [3.8, 4) is 0 Å². The van der Waals surface area contributed by atoms with Crippen LogP contribution < -0.4 is 5.73 Å². The minimum Gasteiger partial charge on any atom is -0.373 e. The molecule has 3 aliphatic carbocycles. The molecule has 130 valence electrons. The van der Waals surface area contributed by atoms with E-state index in [0.717, 1.165) is 37.7 Å². The van der Waals surface area contributed by atoms with E-state index in [1.54, 1.807) is 0 Å². The van der Waals surface area contributed by atoms with Crippen molar-refractivity contribution in [1.82, 2.24) is 9.80 Å². The number of imide groups is 1. The maximum atomic E-state index is 12.8. The number of nitrogens with two attached hydrogens (primary N) is 1. The van der Waals surface area contributed by atoms with Crippen molar-refractivity contribution < 1.29 is 14.7 Å². The van der Waals surface area contributed by atoms with Gasteiger partial charge in [-0.3, -0.25) is 14.6 Å². The molecule has 3 fully saturated rings. The van der Waals surface area contributed by atoms with Crippen molar-refractivity contribution in [2.24, 2.45) is 5.73 Å². The standard InChI is InChI=1S/C18H25N3O3/c19-18-10-12(8-13(18)11-18)6-7-20-15(22)9-16(23)21(17(20)24)14-4-2-1-3-5-14/h8,10,14-15,22H,1-7,9,11,19H2. The number of hydrogen-bond donors (Lipinski definition) is 2. The number of carbonyl (C=O) groups excluding carboxylic acids is 2. The van der Waals surface area contributed by atoms with Crippen molar-refractivity contribution in [2.75, 3.05) is 6.54 Å². The number of allylic oxidation sites excluding steroid dienone is 1. The molecule has 24 heavy (non-hydrogen) atoms. The highest BCUT2D eigenvalue weighted by Crippen LogP contribution is 2.48. The van der Waals surface area contributed by atoms with E-state index in [4.69, 9.17) is 5.73 Å². The Bertz CT molecular complexity index is 635. The Morgan fingerprint density at radius 3 is 2.67 bits per heavy atom. The van der Waals surface area contributed by atoms with Gasteiger partial charge in [0.1, 0.15) is 6.23 Å². The van der Waals surface area contributed by atoms with Gasteiger partial charge in [-0.2, -0.15) is 0 Å². The molecule has 3 N–H and O–H groups in total. The summed E-state index contributed by atoms with van der Waals surface area (Å²) in [5, 5.41) is 10.2. The van der Waals surface area contributed by atoms with E-state index in [9.17, 15) is 14.7 Å². The molecule has 0 spiro atoms. The predicted octanol–water partition coefficient (Wildman–Crippen LogP) is 1.65. The lowest BCUT2D eigenvalue weighted by Gasteiger charge is -2.42. The Kier molecular flexibility index (Phi) is 3.77. The quantitative estimate of drug-likeness (QED) is 0.820. The first-order valence-corrected chi connectivity index (χ1v) is 9.00. The van der Waals surface area contributed by atoms with Crippen molar-refractivity contribution >= 4 is 11.9 Å². The van der Waals surface area contributed by atoms with Gasteiger partial charge >= 0.3 is 6.03 Å². The molecule has 4 rings (SSSR count). The van der Waals surface area contributed by atoms with Crippen molar-refractivity contribution in [2.45, 2.75) is 69.2 Å². The van der Waals surface area contributed by atoms with Crippen LogP contribution in [0.25, 0.3) is 0 Å². The first-order chi connectivity index (χ1) is 11.5. The minimum absolute atomic E-state index is 0.00141. The van der Waals surface area contributed by atoms with Gasteiger partial charge < -0.3 is 10.8 Å². The van der Waals surface area contributed by atoms with E-state index in [-0.39, 0.29) is 29.9 Å². The molecule has 2 unspecified atom stereocenters. The summed E-state index contributed by atoms with van der Waals surface area (Å²) in [5.74, 6) is -0.236. The molecule has 6 heteroatoms. The molecule has 2 saturated carbocycles. The number of aliphatic hydroxyl groups is 1. The number of nitrogens with zero attached hydrogens (tertiary/aromatic N) is 2. The molecule has 1 heterocycles. The maximum absolute atomic E-state index is 12.8. The van der Waals surface area contributed by atoms with Gasteiger partial charge in [0.15, 0.2) is 0 Å². The Labute approximate surface area is 142 Å². The van der Waals surface area contributed by atoms with Crippen LogP contribution >= 0.6 is 0 Å². The van der Waals surface area contributed by atoms with Crippen LogP contribution in [0.4, 0.5) is 4.79 Å². The minimum atomic E-state index is -1.01. The SMILES string of the molecule is NC12C=C(CCN3C(=O)N(C4CCCCC4)C(=O)CC3O)C=C1C2. The number of rotatable bonds is 4. The fraction of sp³-hybridized carbons (Fsp3) is 0.667. The molecule has 0 radical (unpaired) electrons. The summed E-state index contributed by atoms with van der Waals surface area (Å²) in [6, 6.07) is -0.328. The second kappa shape index (κ2) is 5.70. The summed E-state index contributed by atoms with van der Waals surface area (Å²) in [6.45, 7) is 0.419. The fourth-order valence-corrected chi connectivity index (χ4v) is 4.27. The summed E-state index contributed by atoms with van der Waals surface area (Å²) < 4.78 is 0. The van der Waals surface area contributed by atoms with E-state index >= 15 is 0 Å². The Morgan fingerprint density at radius 2 is 2.00 bits per heavy atom. The zero-order valence-electron chi connectivity index (χ0n) is 13.9. The Balaban J connectivity index is 1.43. The molecule has 3 amide bonds. The van der Waals surface area contributed by atoms with Gasteiger partial charge in [0.05, 0.1) is 12.0 Å². The largest absolute Gasteiger partial charge is 0.373 e. The number of fused-ring (bicyclic) bond motifs is 1. The normalized spacial score (nSPS) is 33.5. The first kappa shape index (κ1) is 15.8. The lowest BCUT2D eigenvalue weighted by atomic mass is 9.93. The zero-order valence-corrected chi connectivity index (χ0v) is 13.9. The van der Waals surface area contributed by atoms with Crippen LogP contribution in [-0.4, -0.2) is 51.2 Å². The molecule has 2 atom stereocenters. The van der Waals surface area contributed by atoms with E-state index < -0.39 is 6.23 Å². The zero-order chi connectivity index (χ0) is 16.9. The summed E-state index contributed by atoms with van der Waals surface area (Å²) >= 11 is 0. The van der Waals surface area contributed by atoms with Crippen molar-refractivity contribution in [3.05, 3.63) is 23.3 Å². The first-order valence-electron chi connectivity index (χ1n) is 9.00. The van der Waals surface area contributed by atoms with Crippen molar-refractivity contribution in [3.63, 3.8) is 0 Å². The van der Waals surface area contributed by atoms with E-state index in [1.807, 2.05) is 0 Å². The van der Waals surface area contributed by atoms with Crippen LogP contribution in [0.2, 0.25) is 0 Å². The summed E-state index contributed by atoms with van der Waals surface area (Å²) in [5.41, 5.74) is 8.26. The molecule has 0 aromatic rings. The van der Waals surface area contributed by atoms with Gasteiger partial charge in [0.25, 0.3) is 0 Å². The van der Waals surface area contributed by atoms with Gasteiger partial charge in [-0.15, -0.1) is 0 Å². The third kappa shape index (κ3) is 2.67. The molecule has 1 saturated heterocycles. The summed E-state index contributed by atoms with van der Waals surface area (Å²) in [6.07, 6.45) is 9.81. The highest BCUT2D eigenvalue weighted by Gasteiger charge is 2.47. The van der Waals surface area contributed by atoms with Crippen LogP contribution in [-0.2, 0) is 4.79 Å². The van der Waals surface area contributed by atoms with Crippen molar-refractivity contribution in [1.29, 1.82) is 0 Å². The third-order valence-electron chi connectivity index (χ3n) is 5.78. The monoisotopic (exact) mass is 331 g/mol. The van der Waals surface area contributed by atoms with E-state index in [2.05, 4.69) is 12.2 Å². The van der Waals surface area contributed by atoms with E-state index in [1.165, 1.54) is 21.8 Å². The molecule has 6 nitrogen and oxygen atoms in total. The second-order valence-electron chi connectivity index (χ2n) is 7.57. The maximum Gasteiger partial charge on any atom is 0.329 e. The van der Waals surface area contributed by atoms with Gasteiger partial charge in [-0.1, -0.05) is 31.4 Å². The average molecular weight is 331 g/mol. The van der Waals surface area contributed by atoms with Crippen LogP contribution in [0.1, 0.15) is 51.4 Å². The Hall–Kier alpha value is -1.66. The molecule has 0 bridgehead atoms. The smallest absolute Gasteiger partial charge is 0.329 e. The highest BCUT2D eigenvalue weighted by molar-refractivity contribution is 5.97. The van der Waals surface area contributed by atoms with Gasteiger partial charge in [-0.25, -0.2) is 4.79 Å². The number of aliphatic hydroxyl groups excluding tert-OH is 1. The molecule has 4 aliphatic rings. The molecular weight excluding hydrogens is 306 g/mol. The number of carbonyl (C=O) groups is 2. The summed E-state index contributed by atoms with van der Waals surface area (Å²) in [4.78, 5) is 27.9. The number of hydrogen-bond acceptors (Lipinski definition) is 4. The van der Waals surface area contributed by atoms with Crippen LogP contribution in [0.5, 0.6) is 0 Å². The molecule has 0 aromatic carbocycles. The van der Waals surface area contributed by atoms with Gasteiger partial charge in [-0.05, 0) is 36.8 Å². The highest BCUT2D eigenvalue weighted by atomic mass is 16.3. The van der Waals surface area contributed by atoms with Gasteiger partial charge in [0.2, 0.25) is 5.91 Å². The fourth-order valence-electron chi connectivity index (χ4n) is 4.27. The molecular formula is C18H25N3O3. The lowest BCUT2D eigenvalue weighted by Crippen LogP contribution is -2.60.